The predicted molar refractivity (Wildman–Crippen MR) is 201 cm³/mol. The average molecular weight is 710 g/mol. The minimum Gasteiger partial charge on any atom is -0.369 e. The summed E-state index contributed by atoms with van der Waals surface area (Å²) < 4.78 is 0. The minimum atomic E-state index is -1.23. The van der Waals surface area contributed by atoms with Crippen molar-refractivity contribution in [1.29, 1.82) is 0 Å². The van der Waals surface area contributed by atoms with Gasteiger partial charge in [0, 0.05) is 38.6 Å². The normalized spacial score (nSPS) is 17.2. The van der Waals surface area contributed by atoms with Crippen molar-refractivity contribution in [2.45, 2.75) is 64.6 Å². The van der Waals surface area contributed by atoms with E-state index in [1.807, 2.05) is 84.9 Å². The lowest BCUT2D eigenvalue weighted by Gasteiger charge is -2.33. The summed E-state index contributed by atoms with van der Waals surface area (Å²) in [5.41, 5.74) is 11.4. The van der Waals surface area contributed by atoms with Gasteiger partial charge in [-0.2, -0.15) is 0 Å². The highest BCUT2D eigenvalue weighted by atomic mass is 35.5. The molecule has 1 aliphatic heterocycles. The summed E-state index contributed by atoms with van der Waals surface area (Å²) in [4.78, 5) is 48.5. The second kappa shape index (κ2) is 16.0. The van der Waals surface area contributed by atoms with Gasteiger partial charge in [0.2, 0.25) is 18.0 Å². The summed E-state index contributed by atoms with van der Waals surface area (Å²) in [6, 6.07) is 30.6. The molecular weight excluding hydrogens is 667 g/mol. The quantitative estimate of drug-likeness (QED) is 0.145. The van der Waals surface area contributed by atoms with E-state index in [0.29, 0.717) is 40.2 Å². The standard InChI is InChI=1S/C41H42Cl2N4O3/c1-2-3-17-32(38(44)48)34(23-26-11-9-12-26)40(49)46-39-41(50)47(25-27-13-10-16-29(22-27)31-21-20-30(42)24-35(31)43)36-19-8-7-18-33(36)37(45-39)28-14-5-4-6-15-28/h4-8,10,13-16,18-22,24,26,32,34,39H,2-3,9,11-12,17,23,25H2,1H3,(H2,44,48)(H,46,49). The third-order valence-corrected chi connectivity index (χ3v) is 10.5. The van der Waals surface area contributed by atoms with Crippen molar-refractivity contribution in [3.05, 3.63) is 124 Å². The molecule has 1 saturated carbocycles. The second-order valence-corrected chi connectivity index (χ2v) is 14.2. The monoisotopic (exact) mass is 708 g/mol. The molecule has 0 spiro atoms. The molecule has 1 fully saturated rings. The number of benzene rings is 4. The fourth-order valence-corrected chi connectivity index (χ4v) is 7.52. The molecule has 0 saturated heterocycles. The van der Waals surface area contributed by atoms with E-state index >= 15 is 0 Å². The Morgan fingerprint density at radius 3 is 2.34 bits per heavy atom. The molecule has 3 unspecified atom stereocenters. The van der Waals surface area contributed by atoms with Gasteiger partial charge in [-0.1, -0.05) is 135 Å². The molecule has 9 heteroatoms. The van der Waals surface area contributed by atoms with E-state index < -0.39 is 23.9 Å². The fourth-order valence-electron chi connectivity index (χ4n) is 7.01. The third kappa shape index (κ3) is 7.95. The molecule has 4 aromatic rings. The molecule has 4 aromatic carbocycles. The second-order valence-electron chi connectivity index (χ2n) is 13.3. The number of hydrogen-bond acceptors (Lipinski definition) is 4. The summed E-state index contributed by atoms with van der Waals surface area (Å²) in [5, 5.41) is 4.09. The molecule has 0 aromatic heterocycles. The first-order valence-electron chi connectivity index (χ1n) is 17.4. The number of primary amides is 1. The zero-order valence-electron chi connectivity index (χ0n) is 28.2. The molecule has 2 aliphatic rings. The van der Waals surface area contributed by atoms with Crippen molar-refractivity contribution < 1.29 is 14.4 Å². The smallest absolute Gasteiger partial charge is 0.272 e. The number of para-hydroxylation sites is 1. The topological polar surface area (TPSA) is 105 Å². The number of carbonyl (C=O) groups is 3. The third-order valence-electron chi connectivity index (χ3n) is 9.91. The Bertz CT molecular complexity index is 1890. The van der Waals surface area contributed by atoms with Crippen molar-refractivity contribution in [1.82, 2.24) is 5.32 Å². The van der Waals surface area contributed by atoms with E-state index in [1.54, 1.807) is 17.0 Å². The largest absolute Gasteiger partial charge is 0.369 e. The van der Waals surface area contributed by atoms with Crippen molar-refractivity contribution in [2.75, 3.05) is 4.90 Å². The maximum absolute atomic E-state index is 14.7. The molecule has 3 atom stereocenters. The van der Waals surface area contributed by atoms with Gasteiger partial charge in [-0.25, -0.2) is 4.99 Å². The number of nitrogens with zero attached hydrogens (tertiary/aromatic N) is 2. The first-order valence-corrected chi connectivity index (χ1v) is 18.2. The highest BCUT2D eigenvalue weighted by molar-refractivity contribution is 6.36. The number of aliphatic imine (C=N–C) groups is 1. The first kappa shape index (κ1) is 35.4. The van der Waals surface area contributed by atoms with Gasteiger partial charge >= 0.3 is 0 Å². The van der Waals surface area contributed by atoms with E-state index in [2.05, 4.69) is 12.2 Å². The molecule has 1 aliphatic carbocycles. The molecule has 3 amide bonds. The molecule has 6 rings (SSSR count). The first-order chi connectivity index (χ1) is 24.2. The number of rotatable bonds is 13. The van der Waals surface area contributed by atoms with E-state index in [9.17, 15) is 14.4 Å². The van der Waals surface area contributed by atoms with Gasteiger partial charge in [0.1, 0.15) is 0 Å². The maximum Gasteiger partial charge on any atom is 0.272 e. The number of nitrogens with two attached hydrogens (primary N) is 1. The van der Waals surface area contributed by atoms with E-state index in [4.69, 9.17) is 33.9 Å². The van der Waals surface area contributed by atoms with Crippen LogP contribution in [0.2, 0.25) is 10.0 Å². The lowest BCUT2D eigenvalue weighted by atomic mass is 9.73. The van der Waals surface area contributed by atoms with Gasteiger partial charge in [-0.15, -0.1) is 0 Å². The van der Waals surface area contributed by atoms with Crippen molar-refractivity contribution in [3.8, 4) is 11.1 Å². The maximum atomic E-state index is 14.7. The number of nitrogens with one attached hydrogen (secondary N) is 1. The van der Waals surface area contributed by atoms with Gasteiger partial charge in [-0.3, -0.25) is 14.4 Å². The van der Waals surface area contributed by atoms with Crippen LogP contribution in [0.4, 0.5) is 5.69 Å². The number of halogens is 2. The zero-order valence-corrected chi connectivity index (χ0v) is 29.7. The Labute approximate surface area is 303 Å². The number of fused-ring (bicyclic) bond motifs is 1. The summed E-state index contributed by atoms with van der Waals surface area (Å²) in [5.74, 6) is -2.13. The summed E-state index contributed by atoms with van der Waals surface area (Å²) in [7, 11) is 0. The van der Waals surface area contributed by atoms with Gasteiger partial charge in [0.15, 0.2) is 0 Å². The van der Waals surface area contributed by atoms with Crippen LogP contribution in [0.25, 0.3) is 11.1 Å². The van der Waals surface area contributed by atoms with Crippen LogP contribution in [0.15, 0.2) is 102 Å². The number of amides is 3. The van der Waals surface area contributed by atoms with Crippen LogP contribution >= 0.6 is 23.2 Å². The number of benzodiazepines with no additional fused rings is 1. The summed E-state index contributed by atoms with van der Waals surface area (Å²) >= 11 is 12.7. The minimum absolute atomic E-state index is 0.213. The number of hydrogen-bond donors (Lipinski definition) is 2. The predicted octanol–water partition coefficient (Wildman–Crippen LogP) is 8.59. The number of anilines is 1. The molecule has 0 bridgehead atoms. The van der Waals surface area contributed by atoms with Crippen LogP contribution in [0.3, 0.4) is 0 Å². The molecule has 3 N–H and O–H groups in total. The molecule has 1 heterocycles. The van der Waals surface area contributed by atoms with Crippen molar-refractivity contribution in [2.24, 2.45) is 28.5 Å². The highest BCUT2D eigenvalue weighted by Crippen LogP contribution is 2.37. The lowest BCUT2D eigenvalue weighted by Crippen LogP contribution is -2.51. The van der Waals surface area contributed by atoms with Crippen LogP contribution < -0.4 is 16.0 Å². The van der Waals surface area contributed by atoms with E-state index in [0.717, 1.165) is 59.9 Å². The van der Waals surface area contributed by atoms with Crippen LogP contribution in [-0.4, -0.2) is 29.6 Å². The van der Waals surface area contributed by atoms with E-state index in [1.165, 1.54) is 0 Å². The van der Waals surface area contributed by atoms with E-state index in [-0.39, 0.29) is 18.4 Å². The summed E-state index contributed by atoms with van der Waals surface area (Å²) in [6.45, 7) is 2.26. The Morgan fingerprint density at radius 2 is 1.64 bits per heavy atom. The molecule has 258 valence electrons. The van der Waals surface area contributed by atoms with Crippen LogP contribution in [0, 0.1) is 17.8 Å². The number of carbonyl (C=O) groups excluding carboxylic acids is 3. The Morgan fingerprint density at radius 1 is 0.900 bits per heavy atom. The van der Waals surface area contributed by atoms with Crippen molar-refractivity contribution in [3.63, 3.8) is 0 Å². The van der Waals surface area contributed by atoms with Crippen molar-refractivity contribution >= 4 is 52.3 Å². The highest BCUT2D eigenvalue weighted by Gasteiger charge is 2.39. The molecule has 0 radical (unpaired) electrons. The van der Waals surface area contributed by atoms with Gasteiger partial charge in [0.25, 0.3) is 5.91 Å². The zero-order chi connectivity index (χ0) is 35.2. The Hall–Kier alpha value is -4.46. The summed E-state index contributed by atoms with van der Waals surface area (Å²) in [6.07, 6.45) is 4.66. The van der Waals surface area contributed by atoms with Crippen LogP contribution in [-0.2, 0) is 20.9 Å². The fraction of sp³-hybridized carbons (Fsp3) is 0.317. The van der Waals surface area contributed by atoms with Gasteiger partial charge in [0.05, 0.1) is 17.9 Å². The SMILES string of the molecule is CCCCC(C(N)=O)C(CC1CCC1)C(=O)NC1N=C(c2ccccc2)c2ccccc2N(Cc2cccc(-c3ccc(Cl)cc3Cl)c2)C1=O. The Kier molecular flexibility index (Phi) is 11.4. The Balaban J connectivity index is 1.39. The average Bonchev–Trinajstić information content (AvgIpc) is 3.20. The number of unbranched alkanes of at least 4 members (excludes halogenated alkanes) is 1. The molecular formula is C41H42Cl2N4O3. The van der Waals surface area contributed by atoms with Crippen LogP contribution in [0.1, 0.15) is 68.6 Å². The van der Waals surface area contributed by atoms with Gasteiger partial charge in [-0.05, 0) is 54.2 Å². The molecule has 50 heavy (non-hydrogen) atoms. The molecule has 7 nitrogen and oxygen atoms in total. The lowest BCUT2D eigenvalue weighted by molar-refractivity contribution is -0.136. The van der Waals surface area contributed by atoms with Gasteiger partial charge < -0.3 is 16.0 Å². The van der Waals surface area contributed by atoms with Crippen LogP contribution in [0.5, 0.6) is 0 Å².